The van der Waals surface area contributed by atoms with Crippen LogP contribution in [0, 0.1) is 5.92 Å². The van der Waals surface area contributed by atoms with E-state index in [1.165, 1.54) is 5.56 Å². The van der Waals surface area contributed by atoms with Crippen LogP contribution in [0.1, 0.15) is 18.0 Å². The van der Waals surface area contributed by atoms with Crippen LogP contribution >= 0.6 is 11.3 Å². The third-order valence-electron chi connectivity index (χ3n) is 5.35. The van der Waals surface area contributed by atoms with E-state index >= 15 is 0 Å². The minimum Gasteiger partial charge on any atom is -0.486 e. The number of benzene rings is 1. The van der Waals surface area contributed by atoms with Crippen LogP contribution in [0.4, 0.5) is 5.69 Å². The number of anilines is 1. The van der Waals surface area contributed by atoms with Crippen LogP contribution < -0.4 is 19.7 Å². The molecule has 1 saturated heterocycles. The maximum atomic E-state index is 12.7. The third kappa shape index (κ3) is 4.23. The summed E-state index contributed by atoms with van der Waals surface area (Å²) in [4.78, 5) is 29.0. The first-order valence-corrected chi connectivity index (χ1v) is 10.6. The summed E-state index contributed by atoms with van der Waals surface area (Å²) >= 11 is 1.64. The number of hydrogen-bond donors (Lipinski definition) is 1. The number of ether oxygens (including phenoxy) is 2. The Kier molecular flexibility index (Phi) is 5.73. The van der Waals surface area contributed by atoms with Crippen LogP contribution in [0.15, 0.2) is 35.0 Å². The average Bonchev–Trinajstić information content (AvgIpc) is 3.37. The van der Waals surface area contributed by atoms with Crippen LogP contribution in [0.2, 0.25) is 0 Å². The van der Waals surface area contributed by atoms with Crippen molar-refractivity contribution in [1.82, 2.24) is 10.2 Å². The summed E-state index contributed by atoms with van der Waals surface area (Å²) in [6, 6.07) is 7.64. The number of carbonyl (C=O) groups excluding carboxylic acids is 2. The lowest BCUT2D eigenvalue weighted by molar-refractivity contribution is -0.126. The van der Waals surface area contributed by atoms with Crippen molar-refractivity contribution in [1.29, 1.82) is 0 Å². The van der Waals surface area contributed by atoms with E-state index in [2.05, 4.69) is 21.7 Å². The van der Waals surface area contributed by atoms with Gasteiger partial charge in [0.25, 0.3) is 0 Å². The van der Waals surface area contributed by atoms with Crippen LogP contribution in [0.5, 0.6) is 11.5 Å². The standard InChI is InChI=1S/C21H25N3O4S/c1-23(2)17(14-5-8-29-13-14)11-22-21(26)15-9-20(25)24(12-15)16-3-4-18-19(10-16)28-7-6-27-18/h3-5,8,10,13,15,17H,6-7,9,11-12H2,1-2H3,(H,22,26)/t15-,17+/m0/s1. The number of hydrogen-bond acceptors (Lipinski definition) is 6. The lowest BCUT2D eigenvalue weighted by Gasteiger charge is -2.25. The molecule has 2 aliphatic rings. The van der Waals surface area contributed by atoms with Gasteiger partial charge in [0.05, 0.1) is 12.0 Å². The number of thiophene rings is 1. The van der Waals surface area contributed by atoms with Gasteiger partial charge in [0, 0.05) is 31.3 Å². The second-order valence-electron chi connectivity index (χ2n) is 7.51. The van der Waals surface area contributed by atoms with Crippen molar-refractivity contribution in [2.75, 3.05) is 45.3 Å². The molecular weight excluding hydrogens is 390 g/mol. The Labute approximate surface area is 174 Å². The zero-order valence-electron chi connectivity index (χ0n) is 16.6. The summed E-state index contributed by atoms with van der Waals surface area (Å²) in [7, 11) is 3.99. The fourth-order valence-electron chi connectivity index (χ4n) is 3.74. The van der Waals surface area contributed by atoms with Gasteiger partial charge < -0.3 is 24.6 Å². The molecule has 2 atom stereocenters. The zero-order valence-corrected chi connectivity index (χ0v) is 17.4. The largest absolute Gasteiger partial charge is 0.486 e. The summed E-state index contributed by atoms with van der Waals surface area (Å²) in [6.45, 7) is 1.90. The maximum Gasteiger partial charge on any atom is 0.227 e. The Morgan fingerprint density at radius 1 is 1.28 bits per heavy atom. The number of amides is 2. The summed E-state index contributed by atoms with van der Waals surface area (Å²) in [6.07, 6.45) is 0.214. The van der Waals surface area contributed by atoms with E-state index in [1.807, 2.05) is 37.7 Å². The van der Waals surface area contributed by atoms with E-state index in [1.54, 1.807) is 16.2 Å². The second-order valence-corrected chi connectivity index (χ2v) is 8.29. The predicted molar refractivity (Wildman–Crippen MR) is 112 cm³/mol. The molecule has 0 saturated carbocycles. The van der Waals surface area contributed by atoms with Gasteiger partial charge in [-0.05, 0) is 48.6 Å². The van der Waals surface area contributed by atoms with Crippen molar-refractivity contribution in [3.05, 3.63) is 40.6 Å². The Balaban J connectivity index is 1.39. The number of nitrogens with one attached hydrogen (secondary N) is 1. The van der Waals surface area contributed by atoms with Crippen molar-refractivity contribution in [3.63, 3.8) is 0 Å². The molecule has 0 radical (unpaired) electrons. The molecule has 1 aromatic heterocycles. The minimum absolute atomic E-state index is 0.0520. The van der Waals surface area contributed by atoms with Gasteiger partial charge in [-0.15, -0.1) is 0 Å². The van der Waals surface area contributed by atoms with Crippen LogP contribution in [-0.4, -0.2) is 57.1 Å². The van der Waals surface area contributed by atoms with Crippen LogP contribution in [0.25, 0.3) is 0 Å². The molecule has 2 amide bonds. The van der Waals surface area contributed by atoms with E-state index in [0.717, 1.165) is 5.69 Å². The maximum absolute atomic E-state index is 12.7. The number of nitrogens with zero attached hydrogens (tertiary/aromatic N) is 2. The van der Waals surface area contributed by atoms with Gasteiger partial charge in [0.1, 0.15) is 13.2 Å². The van der Waals surface area contributed by atoms with Crippen molar-refractivity contribution >= 4 is 28.8 Å². The molecule has 3 heterocycles. The summed E-state index contributed by atoms with van der Waals surface area (Å²) in [5.74, 6) is 0.827. The number of likely N-dealkylation sites (N-methyl/N-ethyl adjacent to an activating group) is 1. The highest BCUT2D eigenvalue weighted by Crippen LogP contribution is 2.36. The van der Waals surface area contributed by atoms with Crippen LogP contribution in [-0.2, 0) is 9.59 Å². The Bertz CT molecular complexity index is 884. The molecule has 1 fully saturated rings. The minimum atomic E-state index is -0.360. The normalized spacial score (nSPS) is 19.5. The lowest BCUT2D eigenvalue weighted by Crippen LogP contribution is -2.38. The quantitative estimate of drug-likeness (QED) is 0.784. The summed E-state index contributed by atoms with van der Waals surface area (Å²) < 4.78 is 11.1. The van der Waals surface area contributed by atoms with Gasteiger partial charge >= 0.3 is 0 Å². The summed E-state index contributed by atoms with van der Waals surface area (Å²) in [5, 5.41) is 7.17. The average molecular weight is 416 g/mol. The van der Waals surface area contributed by atoms with Crippen LogP contribution in [0.3, 0.4) is 0 Å². The number of fused-ring (bicyclic) bond motifs is 1. The first-order valence-electron chi connectivity index (χ1n) is 9.69. The predicted octanol–water partition coefficient (Wildman–Crippen LogP) is 2.29. The summed E-state index contributed by atoms with van der Waals surface area (Å²) in [5.41, 5.74) is 1.92. The molecule has 2 aliphatic heterocycles. The molecule has 8 heteroatoms. The van der Waals surface area contributed by atoms with Gasteiger partial charge in [-0.25, -0.2) is 0 Å². The highest BCUT2D eigenvalue weighted by atomic mass is 32.1. The number of carbonyl (C=O) groups is 2. The fourth-order valence-corrected chi connectivity index (χ4v) is 4.44. The highest BCUT2D eigenvalue weighted by Gasteiger charge is 2.35. The molecule has 0 spiro atoms. The third-order valence-corrected chi connectivity index (χ3v) is 6.06. The van der Waals surface area contributed by atoms with Gasteiger partial charge in [-0.2, -0.15) is 11.3 Å². The van der Waals surface area contributed by atoms with E-state index in [9.17, 15) is 9.59 Å². The molecule has 1 N–H and O–H groups in total. The molecule has 1 aromatic carbocycles. The number of rotatable bonds is 6. The Hall–Kier alpha value is -2.58. The van der Waals surface area contributed by atoms with Gasteiger partial charge in [-0.3, -0.25) is 9.59 Å². The Morgan fingerprint density at radius 2 is 2.07 bits per heavy atom. The first kappa shape index (κ1) is 19.7. The monoisotopic (exact) mass is 415 g/mol. The molecule has 0 aliphatic carbocycles. The molecule has 29 heavy (non-hydrogen) atoms. The Morgan fingerprint density at radius 3 is 2.79 bits per heavy atom. The molecule has 0 unspecified atom stereocenters. The smallest absolute Gasteiger partial charge is 0.227 e. The second kappa shape index (κ2) is 8.42. The van der Waals surface area contributed by atoms with Crippen molar-refractivity contribution in [2.24, 2.45) is 5.92 Å². The molecule has 7 nitrogen and oxygen atoms in total. The zero-order chi connectivity index (χ0) is 20.4. The van der Waals surface area contributed by atoms with E-state index in [-0.39, 0.29) is 30.2 Å². The van der Waals surface area contributed by atoms with E-state index in [4.69, 9.17) is 9.47 Å². The lowest BCUT2D eigenvalue weighted by atomic mass is 10.1. The van der Waals surface area contributed by atoms with Gasteiger partial charge in [-0.1, -0.05) is 0 Å². The molecule has 154 valence electrons. The SMILES string of the molecule is CN(C)[C@H](CNC(=O)[C@H]1CC(=O)N(c2ccc3c(c2)OCCO3)C1)c1ccsc1. The molecule has 4 rings (SSSR count). The van der Waals surface area contributed by atoms with Gasteiger partial charge in [0.15, 0.2) is 11.5 Å². The molecule has 2 aromatic rings. The molecular formula is C21H25N3O4S. The van der Waals surface area contributed by atoms with E-state index < -0.39 is 0 Å². The van der Waals surface area contributed by atoms with Crippen molar-refractivity contribution in [2.45, 2.75) is 12.5 Å². The topological polar surface area (TPSA) is 71.1 Å². The highest BCUT2D eigenvalue weighted by molar-refractivity contribution is 7.07. The fraction of sp³-hybridized carbons (Fsp3) is 0.429. The van der Waals surface area contributed by atoms with E-state index in [0.29, 0.717) is 37.8 Å². The van der Waals surface area contributed by atoms with Crippen molar-refractivity contribution < 1.29 is 19.1 Å². The van der Waals surface area contributed by atoms with Gasteiger partial charge in [0.2, 0.25) is 11.8 Å². The molecule has 0 bridgehead atoms. The first-order chi connectivity index (χ1) is 14.0. The van der Waals surface area contributed by atoms with Crippen molar-refractivity contribution in [3.8, 4) is 11.5 Å².